The summed E-state index contributed by atoms with van der Waals surface area (Å²) in [6.07, 6.45) is -2.31. The Morgan fingerprint density at radius 1 is 1.38 bits per heavy atom. The lowest BCUT2D eigenvalue weighted by Gasteiger charge is -2.16. The summed E-state index contributed by atoms with van der Waals surface area (Å²) in [7, 11) is 0. The molecule has 4 unspecified atom stereocenters. The number of hydrogen-bond acceptors (Lipinski definition) is 8. The Morgan fingerprint density at radius 2 is 2.14 bits per heavy atom. The SMILES string of the molecule is CSc1nc(F)nc2c1ncn2C1OC(CO)C(O)C1O. The zero-order valence-corrected chi connectivity index (χ0v) is 11.7. The summed E-state index contributed by atoms with van der Waals surface area (Å²) in [6.45, 7) is -0.444. The number of aromatic nitrogens is 4. The van der Waals surface area contributed by atoms with Gasteiger partial charge in [0.15, 0.2) is 11.9 Å². The Labute approximate surface area is 122 Å². The first kappa shape index (κ1) is 14.6. The van der Waals surface area contributed by atoms with Crippen molar-refractivity contribution in [3.63, 3.8) is 0 Å². The summed E-state index contributed by atoms with van der Waals surface area (Å²) in [4.78, 5) is 11.4. The molecule has 10 heteroatoms. The van der Waals surface area contributed by atoms with Gasteiger partial charge in [-0.3, -0.25) is 4.57 Å². The van der Waals surface area contributed by atoms with Gasteiger partial charge in [-0.15, -0.1) is 11.8 Å². The maximum Gasteiger partial charge on any atom is 0.311 e. The highest BCUT2D eigenvalue weighted by atomic mass is 32.2. The zero-order valence-electron chi connectivity index (χ0n) is 10.9. The summed E-state index contributed by atoms with van der Waals surface area (Å²) in [5, 5.41) is 29.2. The molecule has 1 aliphatic heterocycles. The van der Waals surface area contributed by atoms with E-state index in [0.29, 0.717) is 10.5 Å². The van der Waals surface area contributed by atoms with Crippen LogP contribution in [0.3, 0.4) is 0 Å². The second-order valence-corrected chi connectivity index (χ2v) is 5.35. The lowest BCUT2D eigenvalue weighted by molar-refractivity contribution is -0.0511. The van der Waals surface area contributed by atoms with Crippen molar-refractivity contribution >= 4 is 22.9 Å². The van der Waals surface area contributed by atoms with E-state index >= 15 is 0 Å². The topological polar surface area (TPSA) is 114 Å². The van der Waals surface area contributed by atoms with Crippen molar-refractivity contribution in [2.45, 2.75) is 29.6 Å². The number of thioether (sulfide) groups is 1. The highest BCUT2D eigenvalue weighted by Gasteiger charge is 2.44. The van der Waals surface area contributed by atoms with Gasteiger partial charge in [0.2, 0.25) is 0 Å². The molecule has 1 aliphatic rings. The third-order valence-corrected chi connectivity index (χ3v) is 4.02. The smallest absolute Gasteiger partial charge is 0.311 e. The Hall–Kier alpha value is -1.33. The number of aliphatic hydroxyl groups excluding tert-OH is 3. The molecule has 4 atom stereocenters. The zero-order chi connectivity index (χ0) is 15.1. The molecule has 114 valence electrons. The van der Waals surface area contributed by atoms with Crippen LogP contribution in [-0.2, 0) is 4.74 Å². The number of ether oxygens (including phenoxy) is 1. The van der Waals surface area contributed by atoms with E-state index in [1.165, 1.54) is 22.7 Å². The van der Waals surface area contributed by atoms with Crippen molar-refractivity contribution < 1.29 is 24.4 Å². The number of halogens is 1. The van der Waals surface area contributed by atoms with Crippen LogP contribution >= 0.6 is 11.8 Å². The van der Waals surface area contributed by atoms with Gasteiger partial charge in [0.25, 0.3) is 0 Å². The Bertz CT molecular complexity index is 669. The summed E-state index contributed by atoms with van der Waals surface area (Å²) >= 11 is 1.22. The molecule has 0 saturated carbocycles. The van der Waals surface area contributed by atoms with E-state index in [1.807, 2.05) is 0 Å². The van der Waals surface area contributed by atoms with E-state index in [0.717, 1.165) is 0 Å². The number of aliphatic hydroxyl groups is 3. The Kier molecular flexibility index (Phi) is 3.80. The molecule has 21 heavy (non-hydrogen) atoms. The van der Waals surface area contributed by atoms with Crippen molar-refractivity contribution in [1.82, 2.24) is 19.5 Å². The largest absolute Gasteiger partial charge is 0.394 e. The van der Waals surface area contributed by atoms with Gasteiger partial charge in [0.05, 0.1) is 12.9 Å². The third-order valence-electron chi connectivity index (χ3n) is 3.35. The molecular weight excluding hydrogens is 303 g/mol. The summed E-state index contributed by atoms with van der Waals surface area (Å²) in [5.74, 6) is 0. The van der Waals surface area contributed by atoms with Gasteiger partial charge >= 0.3 is 6.08 Å². The molecule has 0 radical (unpaired) electrons. The van der Waals surface area contributed by atoms with Crippen molar-refractivity contribution in [2.24, 2.45) is 0 Å². The third kappa shape index (κ3) is 2.28. The number of imidazole rings is 1. The van der Waals surface area contributed by atoms with Crippen molar-refractivity contribution in [3.8, 4) is 0 Å². The number of rotatable bonds is 3. The van der Waals surface area contributed by atoms with Crippen LogP contribution in [0, 0.1) is 6.08 Å². The van der Waals surface area contributed by atoms with Crippen LogP contribution in [0.1, 0.15) is 6.23 Å². The normalized spacial score (nSPS) is 29.4. The molecule has 0 bridgehead atoms. The van der Waals surface area contributed by atoms with Gasteiger partial charge in [0.1, 0.15) is 28.9 Å². The lowest BCUT2D eigenvalue weighted by atomic mass is 10.1. The summed E-state index contributed by atoms with van der Waals surface area (Å²) in [5.41, 5.74) is 0.531. The first-order valence-electron chi connectivity index (χ1n) is 6.13. The van der Waals surface area contributed by atoms with Crippen LogP contribution < -0.4 is 0 Å². The first-order chi connectivity index (χ1) is 10.1. The van der Waals surface area contributed by atoms with Crippen molar-refractivity contribution in [2.75, 3.05) is 12.9 Å². The van der Waals surface area contributed by atoms with Crippen LogP contribution in [0.25, 0.3) is 11.2 Å². The Balaban J connectivity index is 2.07. The van der Waals surface area contributed by atoms with E-state index in [-0.39, 0.29) is 5.65 Å². The fraction of sp³-hybridized carbons (Fsp3) is 0.545. The number of hydrogen-bond donors (Lipinski definition) is 3. The van der Waals surface area contributed by atoms with Gasteiger partial charge < -0.3 is 20.1 Å². The monoisotopic (exact) mass is 316 g/mol. The molecule has 0 aromatic carbocycles. The molecular formula is C11H13FN4O4S. The minimum atomic E-state index is -1.28. The van der Waals surface area contributed by atoms with Crippen LogP contribution in [0.5, 0.6) is 0 Å². The number of fused-ring (bicyclic) bond motifs is 1. The average molecular weight is 316 g/mol. The highest BCUT2D eigenvalue weighted by Crippen LogP contribution is 2.32. The molecule has 1 fully saturated rings. The molecule has 3 rings (SSSR count). The fourth-order valence-electron chi connectivity index (χ4n) is 2.30. The van der Waals surface area contributed by atoms with Gasteiger partial charge in [-0.2, -0.15) is 14.4 Å². The maximum absolute atomic E-state index is 13.5. The molecule has 0 spiro atoms. The number of nitrogens with zero attached hydrogens (tertiary/aromatic N) is 4. The lowest BCUT2D eigenvalue weighted by Crippen LogP contribution is -2.33. The van der Waals surface area contributed by atoms with Crippen LogP contribution in [0.15, 0.2) is 11.4 Å². The molecule has 3 heterocycles. The van der Waals surface area contributed by atoms with Crippen LogP contribution in [0.4, 0.5) is 4.39 Å². The van der Waals surface area contributed by atoms with Crippen LogP contribution in [0.2, 0.25) is 0 Å². The fourth-order valence-corrected chi connectivity index (χ4v) is 2.81. The predicted octanol–water partition coefficient (Wildman–Crippen LogP) is -0.701. The quantitative estimate of drug-likeness (QED) is 0.387. The predicted molar refractivity (Wildman–Crippen MR) is 70.1 cm³/mol. The van der Waals surface area contributed by atoms with Crippen LogP contribution in [-0.4, -0.2) is 66.0 Å². The second-order valence-electron chi connectivity index (χ2n) is 4.55. The van der Waals surface area contributed by atoms with Gasteiger partial charge in [-0.25, -0.2) is 4.98 Å². The molecule has 2 aromatic heterocycles. The van der Waals surface area contributed by atoms with Gasteiger partial charge in [-0.05, 0) is 6.26 Å². The molecule has 8 nitrogen and oxygen atoms in total. The summed E-state index contributed by atoms with van der Waals surface area (Å²) in [6, 6.07) is 0. The minimum Gasteiger partial charge on any atom is -0.394 e. The van der Waals surface area contributed by atoms with E-state index in [1.54, 1.807) is 6.26 Å². The van der Waals surface area contributed by atoms with E-state index in [2.05, 4.69) is 15.0 Å². The van der Waals surface area contributed by atoms with Gasteiger partial charge in [0, 0.05) is 0 Å². The first-order valence-corrected chi connectivity index (χ1v) is 7.35. The molecule has 1 saturated heterocycles. The van der Waals surface area contributed by atoms with Gasteiger partial charge in [-0.1, -0.05) is 0 Å². The summed E-state index contributed by atoms with van der Waals surface area (Å²) < 4.78 is 20.2. The standard InChI is InChI=1S/C11H13FN4O4S/c1-21-9-5-8(14-11(12)15-9)16(3-13-5)10-7(19)6(18)4(2-17)20-10/h3-4,6-7,10,17-19H,2H2,1H3. The van der Waals surface area contributed by atoms with E-state index in [4.69, 9.17) is 9.84 Å². The molecule has 2 aromatic rings. The maximum atomic E-state index is 13.5. The molecule has 0 amide bonds. The molecule has 3 N–H and O–H groups in total. The van der Waals surface area contributed by atoms with E-state index < -0.39 is 37.2 Å². The highest BCUT2D eigenvalue weighted by molar-refractivity contribution is 7.98. The van der Waals surface area contributed by atoms with Crippen molar-refractivity contribution in [3.05, 3.63) is 12.4 Å². The molecule has 0 aliphatic carbocycles. The second kappa shape index (κ2) is 5.46. The minimum absolute atomic E-state index is 0.154. The van der Waals surface area contributed by atoms with Crippen molar-refractivity contribution in [1.29, 1.82) is 0 Å². The average Bonchev–Trinajstić information content (AvgIpc) is 3.01. The van der Waals surface area contributed by atoms with E-state index in [9.17, 15) is 14.6 Å². The Morgan fingerprint density at radius 3 is 2.76 bits per heavy atom.